The second kappa shape index (κ2) is 10.8. The van der Waals surface area contributed by atoms with Gasteiger partial charge in [-0.3, -0.25) is 9.36 Å². The number of rotatable bonds is 8. The van der Waals surface area contributed by atoms with Crippen LogP contribution in [0.25, 0.3) is 11.6 Å². The number of thioether (sulfide) groups is 1. The van der Waals surface area contributed by atoms with Crippen LogP contribution in [-0.2, 0) is 12.3 Å². The third-order valence-corrected chi connectivity index (χ3v) is 7.15. The van der Waals surface area contributed by atoms with Gasteiger partial charge in [-0.05, 0) is 35.9 Å². The molecule has 0 atom stereocenters. The maximum atomic E-state index is 14.2. The molecule has 184 valence electrons. The molecule has 7 nitrogen and oxygen atoms in total. The van der Waals surface area contributed by atoms with E-state index in [-0.39, 0.29) is 11.7 Å². The number of para-hydroxylation sites is 1. The van der Waals surface area contributed by atoms with Crippen molar-refractivity contribution in [1.82, 2.24) is 19.7 Å². The summed E-state index contributed by atoms with van der Waals surface area (Å²) in [6.45, 7) is 6.63. The Hall–Kier alpha value is -3.85. The number of halogens is 1. The van der Waals surface area contributed by atoms with Crippen molar-refractivity contribution in [3.63, 3.8) is 0 Å². The van der Waals surface area contributed by atoms with Gasteiger partial charge < -0.3 is 14.2 Å². The van der Waals surface area contributed by atoms with Gasteiger partial charge in [-0.15, -0.1) is 16.8 Å². The molecule has 1 aliphatic rings. The average Bonchev–Trinajstić information content (AvgIpc) is 3.58. The molecule has 1 saturated heterocycles. The van der Waals surface area contributed by atoms with E-state index in [1.807, 2.05) is 56.8 Å². The minimum Gasteiger partial charge on any atom is -0.461 e. The quantitative estimate of drug-likeness (QED) is 0.246. The molecular formula is C27H26FN5O2S. The smallest absolute Gasteiger partial charge is 0.254 e. The van der Waals surface area contributed by atoms with Crippen molar-refractivity contribution in [3.8, 4) is 11.6 Å². The van der Waals surface area contributed by atoms with Crippen LogP contribution in [0, 0.1) is 5.82 Å². The number of nitrogens with zero attached hydrogens (tertiary/aromatic N) is 5. The number of anilines is 1. The standard InChI is InChI=1S/C27H26FN5O2S/c1-2-13-33-25(24-12-7-18-35-24)29-30-27(33)36-19-20-8-3-4-9-21(20)26(34)32-16-14-31(15-17-32)23-11-6-5-10-22(23)28/h2-12,18H,1,13-17,19H2. The summed E-state index contributed by atoms with van der Waals surface area (Å²) in [5.74, 6) is 1.59. The molecule has 2 aromatic carbocycles. The summed E-state index contributed by atoms with van der Waals surface area (Å²) in [4.78, 5) is 17.3. The van der Waals surface area contributed by atoms with E-state index < -0.39 is 0 Å². The molecule has 0 unspecified atom stereocenters. The number of allylic oxidation sites excluding steroid dienone is 1. The first-order valence-corrected chi connectivity index (χ1v) is 12.7. The summed E-state index contributed by atoms with van der Waals surface area (Å²) in [7, 11) is 0. The van der Waals surface area contributed by atoms with Gasteiger partial charge in [0.05, 0.1) is 12.0 Å². The molecule has 0 radical (unpaired) electrons. The molecule has 36 heavy (non-hydrogen) atoms. The van der Waals surface area contributed by atoms with Crippen molar-refractivity contribution in [2.75, 3.05) is 31.1 Å². The lowest BCUT2D eigenvalue weighted by Gasteiger charge is -2.36. The Morgan fingerprint density at radius 3 is 2.56 bits per heavy atom. The molecule has 1 aliphatic heterocycles. The van der Waals surface area contributed by atoms with Crippen LogP contribution < -0.4 is 4.90 Å². The van der Waals surface area contributed by atoms with Crippen LogP contribution in [0.1, 0.15) is 15.9 Å². The Bertz CT molecular complexity index is 1350. The largest absolute Gasteiger partial charge is 0.461 e. The van der Waals surface area contributed by atoms with Crippen LogP contribution in [-0.4, -0.2) is 51.8 Å². The van der Waals surface area contributed by atoms with E-state index in [2.05, 4.69) is 16.8 Å². The van der Waals surface area contributed by atoms with Gasteiger partial charge in [0, 0.05) is 44.0 Å². The van der Waals surface area contributed by atoms with Crippen molar-refractivity contribution in [1.29, 1.82) is 0 Å². The molecule has 0 aliphatic carbocycles. The van der Waals surface area contributed by atoms with Crippen molar-refractivity contribution >= 4 is 23.4 Å². The number of amides is 1. The number of carbonyl (C=O) groups excluding carboxylic acids is 1. The number of piperazine rings is 1. The van der Waals surface area contributed by atoms with Gasteiger partial charge in [-0.25, -0.2) is 4.39 Å². The lowest BCUT2D eigenvalue weighted by molar-refractivity contribution is 0.0746. The number of hydrogen-bond acceptors (Lipinski definition) is 6. The molecule has 0 N–H and O–H groups in total. The zero-order chi connectivity index (χ0) is 24.9. The van der Waals surface area contributed by atoms with Gasteiger partial charge in [0.15, 0.2) is 10.9 Å². The van der Waals surface area contributed by atoms with E-state index >= 15 is 0 Å². The van der Waals surface area contributed by atoms with E-state index in [0.29, 0.717) is 61.3 Å². The van der Waals surface area contributed by atoms with Crippen LogP contribution in [0.2, 0.25) is 0 Å². The molecule has 4 aromatic rings. The molecule has 0 spiro atoms. The number of benzene rings is 2. The lowest BCUT2D eigenvalue weighted by Crippen LogP contribution is -2.49. The highest BCUT2D eigenvalue weighted by atomic mass is 32.2. The fourth-order valence-electron chi connectivity index (χ4n) is 4.30. The Morgan fingerprint density at radius 1 is 1.03 bits per heavy atom. The summed E-state index contributed by atoms with van der Waals surface area (Å²) in [6, 6.07) is 18.1. The highest BCUT2D eigenvalue weighted by molar-refractivity contribution is 7.98. The number of aromatic nitrogens is 3. The van der Waals surface area contributed by atoms with Gasteiger partial charge >= 0.3 is 0 Å². The monoisotopic (exact) mass is 503 g/mol. The molecule has 0 bridgehead atoms. The Labute approximate surface area is 213 Å². The molecule has 1 fully saturated rings. The van der Waals surface area contributed by atoms with Gasteiger partial charge in [-0.2, -0.15) is 0 Å². The Morgan fingerprint density at radius 2 is 1.81 bits per heavy atom. The topological polar surface area (TPSA) is 67.4 Å². The molecule has 9 heteroatoms. The van der Waals surface area contributed by atoms with E-state index in [9.17, 15) is 9.18 Å². The van der Waals surface area contributed by atoms with Gasteiger partial charge in [0.2, 0.25) is 5.82 Å². The minimum absolute atomic E-state index is 0.0109. The highest BCUT2D eigenvalue weighted by Crippen LogP contribution is 2.28. The number of hydrogen-bond donors (Lipinski definition) is 0. The van der Waals surface area contributed by atoms with Crippen LogP contribution in [0.3, 0.4) is 0 Å². The van der Waals surface area contributed by atoms with Gasteiger partial charge in [-0.1, -0.05) is 48.2 Å². The Balaban J connectivity index is 1.28. The van der Waals surface area contributed by atoms with Crippen molar-refractivity contribution in [2.45, 2.75) is 17.5 Å². The van der Waals surface area contributed by atoms with Crippen LogP contribution in [0.5, 0.6) is 0 Å². The fraction of sp³-hybridized carbons (Fsp3) is 0.222. The van der Waals surface area contributed by atoms with E-state index in [1.54, 1.807) is 24.5 Å². The summed E-state index contributed by atoms with van der Waals surface area (Å²) in [5, 5.41) is 9.38. The van der Waals surface area contributed by atoms with E-state index in [1.165, 1.54) is 17.8 Å². The first-order valence-electron chi connectivity index (χ1n) is 11.7. The second-order valence-corrected chi connectivity index (χ2v) is 9.30. The second-order valence-electron chi connectivity index (χ2n) is 8.36. The van der Waals surface area contributed by atoms with Crippen molar-refractivity contribution in [3.05, 3.63) is 96.5 Å². The Kier molecular flexibility index (Phi) is 7.18. The zero-order valence-electron chi connectivity index (χ0n) is 19.7. The molecule has 2 aromatic heterocycles. The molecule has 0 saturated carbocycles. The predicted octanol–water partition coefficient (Wildman–Crippen LogP) is 5.12. The first-order chi connectivity index (χ1) is 17.7. The van der Waals surface area contributed by atoms with Gasteiger partial charge in [0.25, 0.3) is 5.91 Å². The third kappa shape index (κ3) is 4.92. The maximum absolute atomic E-state index is 14.2. The van der Waals surface area contributed by atoms with Crippen LogP contribution >= 0.6 is 11.8 Å². The average molecular weight is 504 g/mol. The molecule has 1 amide bonds. The zero-order valence-corrected chi connectivity index (χ0v) is 20.5. The molecular weight excluding hydrogens is 477 g/mol. The lowest BCUT2D eigenvalue weighted by atomic mass is 10.1. The molecule has 3 heterocycles. The molecule has 5 rings (SSSR count). The SMILES string of the molecule is C=CCn1c(SCc2ccccc2C(=O)N2CCN(c3ccccc3F)CC2)nnc1-c1ccco1. The minimum atomic E-state index is -0.237. The highest BCUT2D eigenvalue weighted by Gasteiger charge is 2.25. The van der Waals surface area contributed by atoms with Crippen molar-refractivity contribution < 1.29 is 13.6 Å². The maximum Gasteiger partial charge on any atom is 0.254 e. The summed E-state index contributed by atoms with van der Waals surface area (Å²) < 4.78 is 21.6. The summed E-state index contributed by atoms with van der Waals surface area (Å²) in [6.07, 6.45) is 3.39. The van der Waals surface area contributed by atoms with Crippen LogP contribution in [0.4, 0.5) is 10.1 Å². The van der Waals surface area contributed by atoms with Crippen molar-refractivity contribution in [2.24, 2.45) is 0 Å². The predicted molar refractivity (Wildman–Crippen MR) is 138 cm³/mol. The third-order valence-electron chi connectivity index (χ3n) is 6.13. The summed E-state index contributed by atoms with van der Waals surface area (Å²) >= 11 is 1.51. The van der Waals surface area contributed by atoms with Gasteiger partial charge in [0.1, 0.15) is 5.82 Å². The normalized spacial score (nSPS) is 13.7. The van der Waals surface area contributed by atoms with E-state index in [0.717, 1.165) is 10.7 Å². The first kappa shape index (κ1) is 23.9. The van der Waals surface area contributed by atoms with Crippen LogP contribution in [0.15, 0.2) is 89.2 Å². The summed E-state index contributed by atoms with van der Waals surface area (Å²) in [5.41, 5.74) is 2.18. The van der Waals surface area contributed by atoms with E-state index in [4.69, 9.17) is 4.42 Å². The number of furan rings is 1. The number of carbonyl (C=O) groups is 1. The fourth-order valence-corrected chi connectivity index (χ4v) is 5.26.